The molecule has 1 saturated heterocycles. The molecule has 4 N–H and O–H groups in total. The van der Waals surface area contributed by atoms with Crippen LogP contribution >= 0.6 is 22.9 Å². The number of hydrogen-bond acceptors (Lipinski definition) is 15. The number of nitrogens with one attached hydrogen (secondary N) is 4. The van der Waals surface area contributed by atoms with Crippen molar-refractivity contribution in [2.45, 2.75) is 57.1 Å². The summed E-state index contributed by atoms with van der Waals surface area (Å²) in [5.41, 5.74) is -0.0375. The molecule has 66 heavy (non-hydrogen) atoms. The van der Waals surface area contributed by atoms with Gasteiger partial charge in [-0.3, -0.25) is 39.0 Å². The number of piperidine rings is 1. The number of amides is 6. The van der Waals surface area contributed by atoms with Gasteiger partial charge in [-0.05, 0) is 68.5 Å². The van der Waals surface area contributed by atoms with Crippen LogP contribution in [0, 0.1) is 11.2 Å². The van der Waals surface area contributed by atoms with Gasteiger partial charge in [0.1, 0.15) is 17.6 Å². The highest BCUT2D eigenvalue weighted by Crippen LogP contribution is 2.41. The molecular formula is C45H49ClFN7O11S. The van der Waals surface area contributed by atoms with Crippen molar-refractivity contribution in [1.82, 2.24) is 30.8 Å². The van der Waals surface area contributed by atoms with E-state index in [2.05, 4.69) is 26.3 Å². The fourth-order valence-corrected chi connectivity index (χ4v) is 8.62. The molecular weight excluding hydrogens is 901 g/mol. The van der Waals surface area contributed by atoms with Crippen LogP contribution in [-0.2, 0) is 39.8 Å². The van der Waals surface area contributed by atoms with Gasteiger partial charge in [0.25, 0.3) is 17.7 Å². The van der Waals surface area contributed by atoms with E-state index in [-0.39, 0.29) is 98.6 Å². The molecule has 1 unspecified atom stereocenters. The first kappa shape index (κ1) is 47.9. The molecule has 21 heteroatoms. The van der Waals surface area contributed by atoms with Crippen LogP contribution < -0.4 is 30.7 Å². The van der Waals surface area contributed by atoms with E-state index >= 15 is 0 Å². The molecule has 1 atom stereocenters. The number of pyridine rings is 1. The number of ether oxygens (including phenoxy) is 5. The average Bonchev–Trinajstić information content (AvgIpc) is 3.91. The zero-order valence-electron chi connectivity index (χ0n) is 35.8. The van der Waals surface area contributed by atoms with Gasteiger partial charge in [0, 0.05) is 43.2 Å². The molecule has 6 amide bonds. The Morgan fingerprint density at radius 1 is 0.864 bits per heavy atom. The fraction of sp³-hybridized carbons (Fsp3) is 0.422. The number of hydrogen-bond donors (Lipinski definition) is 4. The maximum absolute atomic E-state index is 14.6. The van der Waals surface area contributed by atoms with Crippen LogP contribution in [0.1, 0.15) is 64.9 Å². The van der Waals surface area contributed by atoms with E-state index in [1.165, 1.54) is 35.6 Å². The summed E-state index contributed by atoms with van der Waals surface area (Å²) in [6, 6.07) is 13.6. The number of rotatable bonds is 23. The summed E-state index contributed by atoms with van der Waals surface area (Å²) in [6.07, 6.45) is 3.86. The van der Waals surface area contributed by atoms with Crippen molar-refractivity contribution in [3.63, 3.8) is 0 Å². The predicted octanol–water partition coefficient (Wildman–Crippen LogP) is 4.39. The highest BCUT2D eigenvalue weighted by atomic mass is 35.5. The van der Waals surface area contributed by atoms with Crippen LogP contribution in [0.4, 0.5) is 15.3 Å². The molecule has 2 aliphatic heterocycles. The normalized spacial score (nSPS) is 19.3. The topological polar surface area (TPSA) is 226 Å². The molecule has 0 radical (unpaired) electrons. The summed E-state index contributed by atoms with van der Waals surface area (Å²) in [7, 11) is 0. The van der Waals surface area contributed by atoms with Crippen LogP contribution in [-0.4, -0.2) is 122 Å². The van der Waals surface area contributed by atoms with Gasteiger partial charge in [0.2, 0.25) is 17.7 Å². The third-order valence-corrected chi connectivity index (χ3v) is 12.2. The molecule has 1 saturated carbocycles. The van der Waals surface area contributed by atoms with E-state index in [0.29, 0.717) is 49.7 Å². The zero-order chi connectivity index (χ0) is 46.5. The standard InChI is InChI=1S/C45H49ClFN7O11S/c46-31-6-3-8-34(39(31)47)65-29-12-14-45(15-13-29,26-28-4-1-9-35(51-28)52-44-50-18-25-66-44)43(60)49-17-20-62-22-24-63-23-21-61-19-16-48-37(56)27-64-33-7-2-5-30-38(33)42(59)54(41(30)58)32-10-11-36(55)53-40(32)57/h1-9,18,25,29,32H,10-17,19-24,26-27H2,(H,48,56)(H,49,60)(H,50,51,52)(H,53,55,57). The van der Waals surface area contributed by atoms with Gasteiger partial charge in [0.05, 0.1) is 67.3 Å². The van der Waals surface area contributed by atoms with Crippen molar-refractivity contribution < 1.29 is 56.8 Å². The van der Waals surface area contributed by atoms with Crippen molar-refractivity contribution in [1.29, 1.82) is 0 Å². The number of aromatic nitrogens is 2. The third-order valence-electron chi connectivity index (χ3n) is 11.2. The van der Waals surface area contributed by atoms with Crippen molar-refractivity contribution in [2.24, 2.45) is 5.41 Å². The molecule has 2 fully saturated rings. The van der Waals surface area contributed by atoms with E-state index in [4.69, 9.17) is 40.3 Å². The molecule has 7 rings (SSSR count). The van der Waals surface area contributed by atoms with Gasteiger partial charge in [-0.15, -0.1) is 11.3 Å². The smallest absolute Gasteiger partial charge is 0.266 e. The number of fused-ring (bicyclic) bond motifs is 1. The molecule has 18 nitrogen and oxygen atoms in total. The lowest BCUT2D eigenvalue weighted by molar-refractivity contribution is -0.136. The molecule has 3 aliphatic rings. The van der Waals surface area contributed by atoms with Gasteiger partial charge < -0.3 is 39.6 Å². The number of nitrogens with zero attached hydrogens (tertiary/aromatic N) is 3. The Morgan fingerprint density at radius 2 is 1.56 bits per heavy atom. The second-order valence-electron chi connectivity index (χ2n) is 15.7. The molecule has 4 heterocycles. The van der Waals surface area contributed by atoms with E-state index in [0.717, 1.165) is 10.6 Å². The predicted molar refractivity (Wildman–Crippen MR) is 237 cm³/mol. The Bertz CT molecular complexity index is 2380. The summed E-state index contributed by atoms with van der Waals surface area (Å²) >= 11 is 7.43. The van der Waals surface area contributed by atoms with Crippen molar-refractivity contribution in [3.8, 4) is 11.5 Å². The van der Waals surface area contributed by atoms with E-state index in [1.807, 2.05) is 23.6 Å². The second-order valence-corrected chi connectivity index (χ2v) is 17.0. The van der Waals surface area contributed by atoms with Crippen LogP contribution in [0.5, 0.6) is 11.5 Å². The number of thiazole rings is 1. The first-order valence-electron chi connectivity index (χ1n) is 21.5. The fourth-order valence-electron chi connectivity index (χ4n) is 7.92. The Labute approximate surface area is 388 Å². The van der Waals surface area contributed by atoms with Gasteiger partial charge in [-0.1, -0.05) is 29.8 Å². The molecule has 0 spiro atoms. The third kappa shape index (κ3) is 12.2. The number of carbonyl (C=O) groups is 6. The number of benzene rings is 2. The van der Waals surface area contributed by atoms with Gasteiger partial charge >= 0.3 is 0 Å². The van der Waals surface area contributed by atoms with Crippen molar-refractivity contribution in [3.05, 3.63) is 93.8 Å². The molecule has 0 bridgehead atoms. The Balaban J connectivity index is 0.765. The van der Waals surface area contributed by atoms with Crippen molar-refractivity contribution in [2.75, 3.05) is 64.7 Å². The molecule has 2 aromatic heterocycles. The van der Waals surface area contributed by atoms with Gasteiger partial charge in [-0.2, -0.15) is 0 Å². The number of imide groups is 2. The van der Waals surface area contributed by atoms with Crippen molar-refractivity contribution >= 4 is 69.3 Å². The van der Waals surface area contributed by atoms with Crippen LogP contribution in [0.15, 0.2) is 66.2 Å². The minimum Gasteiger partial charge on any atom is -0.487 e. The Morgan fingerprint density at radius 3 is 2.29 bits per heavy atom. The molecule has 1 aliphatic carbocycles. The minimum atomic E-state index is -1.12. The monoisotopic (exact) mass is 949 g/mol. The SMILES string of the molecule is O=C(COc1cccc2c1C(=O)N(C1CCC(=O)NC1=O)C2=O)NCCOCCOCCOCCNC(=O)C1(Cc2cccc(Nc3nccs3)n2)CCC(Oc2cccc(Cl)c2F)CC1. The van der Waals surface area contributed by atoms with Gasteiger partial charge in [-0.25, -0.2) is 14.4 Å². The van der Waals surface area contributed by atoms with Crippen LogP contribution in [0.3, 0.4) is 0 Å². The van der Waals surface area contributed by atoms with E-state index in [1.54, 1.807) is 18.3 Å². The summed E-state index contributed by atoms with van der Waals surface area (Å²) in [6.45, 7) is 1.61. The van der Waals surface area contributed by atoms with E-state index < -0.39 is 53.4 Å². The van der Waals surface area contributed by atoms with E-state index in [9.17, 15) is 33.2 Å². The average molecular weight is 950 g/mol. The van der Waals surface area contributed by atoms with Crippen LogP contribution in [0.25, 0.3) is 0 Å². The molecule has 4 aromatic rings. The maximum Gasteiger partial charge on any atom is 0.266 e. The van der Waals surface area contributed by atoms with Crippen LogP contribution in [0.2, 0.25) is 5.02 Å². The minimum absolute atomic E-state index is 0.00478. The Kier molecular flexibility index (Phi) is 16.6. The number of carbonyl (C=O) groups excluding carboxylic acids is 6. The lowest BCUT2D eigenvalue weighted by atomic mass is 9.69. The largest absolute Gasteiger partial charge is 0.487 e. The lowest BCUT2D eigenvalue weighted by Gasteiger charge is -2.39. The summed E-state index contributed by atoms with van der Waals surface area (Å²) in [5, 5.41) is 13.6. The lowest BCUT2D eigenvalue weighted by Crippen LogP contribution is -2.54. The van der Waals surface area contributed by atoms with Gasteiger partial charge in [0.15, 0.2) is 23.3 Å². The summed E-state index contributed by atoms with van der Waals surface area (Å²) in [4.78, 5) is 86.4. The first-order valence-corrected chi connectivity index (χ1v) is 22.8. The highest BCUT2D eigenvalue weighted by Gasteiger charge is 2.46. The number of anilines is 2. The number of halogens is 2. The Hall–Kier alpha value is -6.06. The second kappa shape index (κ2) is 22.9. The maximum atomic E-state index is 14.6. The highest BCUT2D eigenvalue weighted by molar-refractivity contribution is 7.13. The molecule has 350 valence electrons. The molecule has 2 aromatic carbocycles. The quantitative estimate of drug-likeness (QED) is 0.0598. The summed E-state index contributed by atoms with van der Waals surface area (Å²) < 4.78 is 43.0. The first-order chi connectivity index (χ1) is 32.0. The summed E-state index contributed by atoms with van der Waals surface area (Å²) in [5.74, 6) is -3.08. The zero-order valence-corrected chi connectivity index (χ0v) is 37.4.